The number of halogens is 3. The predicted octanol–water partition coefficient (Wildman–Crippen LogP) is 9.44. The van der Waals surface area contributed by atoms with Crippen LogP contribution in [0.3, 0.4) is 0 Å². The van der Waals surface area contributed by atoms with Gasteiger partial charge in [0.05, 0.1) is 16.7 Å². The van der Waals surface area contributed by atoms with Gasteiger partial charge in [-0.1, -0.05) is 92.4 Å². The first-order chi connectivity index (χ1) is 30.7. The molecule has 66 heavy (non-hydrogen) atoms. The van der Waals surface area contributed by atoms with E-state index in [0.717, 1.165) is 56.7 Å². The molecule has 340 valence electrons. The van der Waals surface area contributed by atoms with Gasteiger partial charge in [0.15, 0.2) is 5.75 Å². The van der Waals surface area contributed by atoms with Crippen LogP contribution in [0.25, 0.3) is 55.2 Å². The van der Waals surface area contributed by atoms with Gasteiger partial charge >= 0.3 is 22.7 Å². The standard InChI is InChI=1S/C20H16N4.C15H10F3N3O3S.C12H18BNO2.CH4/c21-16-8-4-7-14(9-16)17-10-15(13-5-2-1-3-6-13)11-18-19(17)23-12-24-20(18)22;16-15(17,18)25(22,23)24-12-7-10(9-4-2-1-3-5-9)6-11-13(12)20-8-21-14(11)19;1-11(2)12(3,4)16-13(15-11)9-6-5-7-10(14)8-9;/h1-12H,21H2,(H2,22,23,24);1-8H,(H2,19,20,21);5-8H,14H2,1-4H3;1H4. The monoisotopic (exact) mass is 916 g/mol. The SMILES string of the molecule is C.CC1(C)OB(c2cccc(N)c2)OC1(C)C.Nc1cccc(-c2cc(-c3ccccc3)cc3c(N)ncnc23)c1.Nc1ncnc2c(OS(=O)(=O)C(F)(F)F)cc(-c3ccccc3)cc12. The van der Waals surface area contributed by atoms with Crippen molar-refractivity contribution in [3.63, 3.8) is 0 Å². The first-order valence-corrected chi connectivity index (χ1v) is 21.4. The molecule has 1 aliphatic rings. The van der Waals surface area contributed by atoms with Crippen LogP contribution >= 0.6 is 0 Å². The number of alkyl halides is 3. The molecule has 0 spiro atoms. The molecular weight excluding hydrogens is 868 g/mol. The molecule has 0 amide bonds. The summed E-state index contributed by atoms with van der Waals surface area (Å²) in [6.07, 6.45) is 2.50. The minimum absolute atomic E-state index is 0. The number of nitrogens with two attached hydrogens (primary N) is 4. The topological polar surface area (TPSA) is 217 Å². The Labute approximate surface area is 381 Å². The van der Waals surface area contributed by atoms with Gasteiger partial charge in [0.2, 0.25) is 0 Å². The number of benzene rings is 6. The van der Waals surface area contributed by atoms with Crippen molar-refractivity contribution in [1.29, 1.82) is 0 Å². The molecule has 0 aliphatic carbocycles. The molecule has 1 fully saturated rings. The van der Waals surface area contributed by atoms with Gasteiger partial charge in [0.1, 0.15) is 29.8 Å². The third kappa shape index (κ3) is 10.5. The molecule has 13 nitrogen and oxygen atoms in total. The van der Waals surface area contributed by atoms with Gasteiger partial charge in [0.25, 0.3) is 0 Å². The van der Waals surface area contributed by atoms with Crippen molar-refractivity contribution < 1.29 is 35.1 Å². The van der Waals surface area contributed by atoms with E-state index in [-0.39, 0.29) is 42.5 Å². The van der Waals surface area contributed by atoms with Crippen LogP contribution in [0.1, 0.15) is 35.1 Å². The molecule has 0 bridgehead atoms. The second-order valence-electron chi connectivity index (χ2n) is 15.9. The number of anilines is 4. The highest BCUT2D eigenvalue weighted by atomic mass is 32.2. The van der Waals surface area contributed by atoms with Crippen molar-refractivity contribution in [1.82, 2.24) is 19.9 Å². The lowest BCUT2D eigenvalue weighted by molar-refractivity contribution is -0.0499. The Morgan fingerprint density at radius 1 is 0.561 bits per heavy atom. The minimum Gasteiger partial charge on any atom is -0.399 e. The molecule has 0 saturated carbocycles. The Balaban J connectivity index is 0.000000166. The second-order valence-corrected chi connectivity index (χ2v) is 17.4. The average molecular weight is 917 g/mol. The second kappa shape index (κ2) is 19.1. The van der Waals surface area contributed by atoms with E-state index in [1.54, 1.807) is 36.4 Å². The first kappa shape index (κ1) is 48.2. The van der Waals surface area contributed by atoms with Crippen molar-refractivity contribution in [2.75, 3.05) is 22.9 Å². The Morgan fingerprint density at radius 3 is 1.55 bits per heavy atom. The molecule has 8 aromatic rings. The van der Waals surface area contributed by atoms with Crippen molar-refractivity contribution in [3.05, 3.63) is 146 Å². The van der Waals surface area contributed by atoms with E-state index < -0.39 is 21.4 Å². The highest BCUT2D eigenvalue weighted by molar-refractivity contribution is 7.88. The summed E-state index contributed by atoms with van der Waals surface area (Å²) in [5, 5.41) is 1.02. The van der Waals surface area contributed by atoms with Gasteiger partial charge in [-0.3, -0.25) is 0 Å². The van der Waals surface area contributed by atoms with Crippen molar-refractivity contribution in [2.45, 2.75) is 51.8 Å². The zero-order valence-electron chi connectivity index (χ0n) is 35.6. The van der Waals surface area contributed by atoms with Crippen LogP contribution in [0.5, 0.6) is 5.75 Å². The number of hydrogen-bond acceptors (Lipinski definition) is 13. The Bertz CT molecular complexity index is 3100. The van der Waals surface area contributed by atoms with Crippen molar-refractivity contribution in [2.24, 2.45) is 0 Å². The maximum Gasteiger partial charge on any atom is 0.534 e. The van der Waals surface area contributed by atoms with E-state index in [1.165, 1.54) is 6.33 Å². The summed E-state index contributed by atoms with van der Waals surface area (Å²) < 4.78 is 76.9. The molecule has 1 aliphatic heterocycles. The lowest BCUT2D eigenvalue weighted by Crippen LogP contribution is -2.41. The fraction of sp³-hybridized carbons (Fsp3) is 0.167. The number of nitrogens with zero attached hydrogens (tertiary/aromatic N) is 4. The van der Waals surface area contributed by atoms with Crippen LogP contribution in [-0.4, -0.2) is 52.2 Å². The number of fused-ring (bicyclic) bond motifs is 2. The summed E-state index contributed by atoms with van der Waals surface area (Å²) in [4.78, 5) is 16.2. The van der Waals surface area contributed by atoms with Crippen LogP contribution in [0.2, 0.25) is 0 Å². The fourth-order valence-corrected chi connectivity index (χ4v) is 7.23. The van der Waals surface area contributed by atoms with Crippen molar-refractivity contribution in [3.8, 4) is 39.1 Å². The molecular formula is C48H48BF3N8O5S. The normalized spacial score (nSPS) is 14.0. The van der Waals surface area contributed by atoms with E-state index in [1.807, 2.05) is 100 Å². The molecule has 6 aromatic carbocycles. The third-order valence-corrected chi connectivity index (χ3v) is 11.8. The van der Waals surface area contributed by atoms with E-state index >= 15 is 0 Å². The molecule has 9 rings (SSSR count). The molecule has 0 radical (unpaired) electrons. The molecule has 0 unspecified atom stereocenters. The Kier molecular flexibility index (Phi) is 13.9. The molecule has 3 heterocycles. The van der Waals surface area contributed by atoms with Crippen LogP contribution in [0.4, 0.5) is 36.2 Å². The summed E-state index contributed by atoms with van der Waals surface area (Å²) in [6.45, 7) is 8.16. The van der Waals surface area contributed by atoms with Crippen LogP contribution in [0, 0.1) is 0 Å². The van der Waals surface area contributed by atoms with Gasteiger partial charge in [0, 0.05) is 27.7 Å². The number of nitrogen functional groups attached to an aromatic ring is 4. The smallest absolute Gasteiger partial charge is 0.399 e. The van der Waals surface area contributed by atoms with Gasteiger partial charge in [-0.2, -0.15) is 21.6 Å². The summed E-state index contributed by atoms with van der Waals surface area (Å²) in [6, 6.07) is 41.1. The maximum atomic E-state index is 12.7. The number of rotatable bonds is 6. The predicted molar refractivity (Wildman–Crippen MR) is 258 cm³/mol. The zero-order chi connectivity index (χ0) is 46.7. The van der Waals surface area contributed by atoms with Gasteiger partial charge in [-0.05, 0) is 110 Å². The highest BCUT2D eigenvalue weighted by Gasteiger charge is 2.52. The average Bonchev–Trinajstić information content (AvgIpc) is 3.50. The molecule has 18 heteroatoms. The lowest BCUT2D eigenvalue weighted by Gasteiger charge is -2.32. The largest absolute Gasteiger partial charge is 0.534 e. The van der Waals surface area contributed by atoms with E-state index in [9.17, 15) is 21.6 Å². The summed E-state index contributed by atoms with van der Waals surface area (Å²) in [5.41, 5.74) is 25.7. The molecule has 2 aromatic heterocycles. The zero-order valence-corrected chi connectivity index (χ0v) is 36.4. The van der Waals surface area contributed by atoms with E-state index in [2.05, 4.69) is 42.3 Å². The Morgan fingerprint density at radius 2 is 1.03 bits per heavy atom. The highest BCUT2D eigenvalue weighted by Crippen LogP contribution is 2.39. The van der Waals surface area contributed by atoms with E-state index in [0.29, 0.717) is 22.6 Å². The summed E-state index contributed by atoms with van der Waals surface area (Å²) >= 11 is 0. The van der Waals surface area contributed by atoms with Gasteiger partial charge in [-0.25, -0.2) is 19.9 Å². The number of hydrogen-bond donors (Lipinski definition) is 4. The lowest BCUT2D eigenvalue weighted by atomic mass is 9.79. The van der Waals surface area contributed by atoms with Gasteiger partial charge < -0.3 is 36.4 Å². The summed E-state index contributed by atoms with van der Waals surface area (Å²) in [5.74, 6) is -0.122. The molecule has 0 atom stereocenters. The quantitative estimate of drug-likeness (QED) is 0.0530. The van der Waals surface area contributed by atoms with Crippen LogP contribution in [-0.2, 0) is 19.4 Å². The summed E-state index contributed by atoms with van der Waals surface area (Å²) in [7, 11) is -6.18. The molecule has 1 saturated heterocycles. The fourth-order valence-electron chi connectivity index (χ4n) is 6.78. The van der Waals surface area contributed by atoms with Crippen LogP contribution < -0.4 is 32.6 Å². The maximum absolute atomic E-state index is 12.7. The van der Waals surface area contributed by atoms with E-state index in [4.69, 9.17) is 32.2 Å². The van der Waals surface area contributed by atoms with Crippen LogP contribution in [0.15, 0.2) is 146 Å². The Hall–Kier alpha value is -7.28. The number of aromatic nitrogens is 4. The van der Waals surface area contributed by atoms with Gasteiger partial charge in [-0.15, -0.1) is 0 Å². The minimum atomic E-state index is -5.86. The first-order valence-electron chi connectivity index (χ1n) is 20.0. The van der Waals surface area contributed by atoms with Crippen molar-refractivity contribution >= 4 is 67.5 Å². The third-order valence-electron chi connectivity index (χ3n) is 10.8. The molecule has 8 N–H and O–H groups in total.